The van der Waals surface area contributed by atoms with Gasteiger partial charge in [0.25, 0.3) is 0 Å². The lowest BCUT2D eigenvalue weighted by molar-refractivity contribution is 0.787. The van der Waals surface area contributed by atoms with E-state index in [2.05, 4.69) is 20.6 Å². The van der Waals surface area contributed by atoms with Gasteiger partial charge in [-0.05, 0) is 19.0 Å². The summed E-state index contributed by atoms with van der Waals surface area (Å²) in [6, 6.07) is 2.41. The standard InChI is InChI=1S/C8H12N4.2ClH/c1-3-9-5-7(1)12-8-2-4-10-6-11-8;;/h2,4,6-7,9H,1,3,5H2,(H,10,11,12);2*1H/t7-;;/m1../s1. The zero-order chi connectivity index (χ0) is 8.23. The van der Waals surface area contributed by atoms with E-state index in [1.165, 1.54) is 6.42 Å². The van der Waals surface area contributed by atoms with Gasteiger partial charge in [-0.2, -0.15) is 0 Å². The maximum atomic E-state index is 4.09. The average molecular weight is 237 g/mol. The van der Waals surface area contributed by atoms with Crippen LogP contribution in [0.15, 0.2) is 18.6 Å². The summed E-state index contributed by atoms with van der Waals surface area (Å²) in [5, 5.41) is 6.61. The minimum atomic E-state index is 0. The van der Waals surface area contributed by atoms with Crippen molar-refractivity contribution < 1.29 is 0 Å². The first-order valence-corrected chi connectivity index (χ1v) is 4.18. The highest BCUT2D eigenvalue weighted by atomic mass is 35.5. The molecule has 0 aromatic carbocycles. The smallest absolute Gasteiger partial charge is 0.129 e. The number of hydrogen-bond acceptors (Lipinski definition) is 4. The normalized spacial score (nSPS) is 19.3. The molecule has 0 spiro atoms. The third-order valence-electron chi connectivity index (χ3n) is 1.99. The summed E-state index contributed by atoms with van der Waals surface area (Å²) >= 11 is 0. The van der Waals surface area contributed by atoms with E-state index in [-0.39, 0.29) is 24.8 Å². The van der Waals surface area contributed by atoms with Crippen molar-refractivity contribution in [1.29, 1.82) is 0 Å². The lowest BCUT2D eigenvalue weighted by Gasteiger charge is -2.10. The Balaban J connectivity index is 0.000000845. The molecule has 1 aromatic rings. The van der Waals surface area contributed by atoms with Gasteiger partial charge in [-0.15, -0.1) is 24.8 Å². The Morgan fingerprint density at radius 2 is 2.29 bits per heavy atom. The van der Waals surface area contributed by atoms with Gasteiger partial charge >= 0.3 is 0 Å². The summed E-state index contributed by atoms with van der Waals surface area (Å²) in [6.45, 7) is 2.13. The van der Waals surface area contributed by atoms with Crippen molar-refractivity contribution in [3.8, 4) is 0 Å². The van der Waals surface area contributed by atoms with E-state index in [9.17, 15) is 0 Å². The summed E-state index contributed by atoms with van der Waals surface area (Å²) in [5.41, 5.74) is 0. The first-order chi connectivity index (χ1) is 5.95. The number of rotatable bonds is 2. The number of nitrogens with zero attached hydrogens (tertiary/aromatic N) is 2. The Bertz CT molecular complexity index is 238. The number of hydrogen-bond donors (Lipinski definition) is 2. The molecule has 2 rings (SSSR count). The second-order valence-corrected chi connectivity index (χ2v) is 2.93. The van der Waals surface area contributed by atoms with Gasteiger partial charge in [0, 0.05) is 18.8 Å². The van der Waals surface area contributed by atoms with Crippen LogP contribution in [-0.2, 0) is 0 Å². The molecule has 6 heteroatoms. The van der Waals surface area contributed by atoms with Crippen molar-refractivity contribution in [2.24, 2.45) is 0 Å². The van der Waals surface area contributed by atoms with Gasteiger partial charge in [0.05, 0.1) is 0 Å². The summed E-state index contributed by atoms with van der Waals surface area (Å²) in [5.74, 6) is 0.915. The van der Waals surface area contributed by atoms with E-state index in [0.717, 1.165) is 18.9 Å². The number of nitrogens with one attached hydrogen (secondary N) is 2. The van der Waals surface area contributed by atoms with Crippen molar-refractivity contribution in [3.05, 3.63) is 18.6 Å². The molecule has 0 amide bonds. The van der Waals surface area contributed by atoms with Crippen LogP contribution in [0.4, 0.5) is 5.82 Å². The molecule has 0 aliphatic carbocycles. The molecular weight excluding hydrogens is 223 g/mol. The molecule has 1 aliphatic heterocycles. The number of anilines is 1. The van der Waals surface area contributed by atoms with Crippen LogP contribution in [0.2, 0.25) is 0 Å². The fourth-order valence-electron chi connectivity index (χ4n) is 1.36. The fraction of sp³-hybridized carbons (Fsp3) is 0.500. The third kappa shape index (κ3) is 3.65. The highest BCUT2D eigenvalue weighted by Gasteiger charge is 2.13. The van der Waals surface area contributed by atoms with E-state index in [1.54, 1.807) is 12.5 Å². The van der Waals surface area contributed by atoms with Crippen LogP contribution in [0.25, 0.3) is 0 Å². The molecule has 0 unspecified atom stereocenters. The Morgan fingerprint density at radius 3 is 2.86 bits per heavy atom. The highest BCUT2D eigenvalue weighted by Crippen LogP contribution is 2.06. The molecule has 4 nitrogen and oxygen atoms in total. The maximum Gasteiger partial charge on any atom is 0.129 e. The van der Waals surface area contributed by atoms with Crippen LogP contribution in [0.3, 0.4) is 0 Å². The molecule has 0 bridgehead atoms. The maximum absolute atomic E-state index is 4.09. The summed E-state index contributed by atoms with van der Waals surface area (Å²) in [4.78, 5) is 7.95. The third-order valence-corrected chi connectivity index (χ3v) is 1.99. The van der Waals surface area contributed by atoms with Gasteiger partial charge in [-0.1, -0.05) is 0 Å². The monoisotopic (exact) mass is 236 g/mol. The number of halogens is 2. The molecule has 0 radical (unpaired) electrons. The average Bonchev–Trinajstić information content (AvgIpc) is 2.59. The van der Waals surface area contributed by atoms with Crippen LogP contribution in [0.1, 0.15) is 6.42 Å². The van der Waals surface area contributed by atoms with Gasteiger partial charge in [0.15, 0.2) is 0 Å². The van der Waals surface area contributed by atoms with Gasteiger partial charge in [-0.3, -0.25) is 0 Å². The van der Waals surface area contributed by atoms with E-state index in [4.69, 9.17) is 0 Å². The van der Waals surface area contributed by atoms with Crippen LogP contribution in [-0.4, -0.2) is 29.1 Å². The first-order valence-electron chi connectivity index (χ1n) is 4.18. The molecule has 80 valence electrons. The molecular formula is C8H14Cl2N4. The van der Waals surface area contributed by atoms with Crippen molar-refractivity contribution in [1.82, 2.24) is 15.3 Å². The zero-order valence-electron chi connectivity index (χ0n) is 7.64. The van der Waals surface area contributed by atoms with Crippen LogP contribution in [0, 0.1) is 0 Å². The molecule has 1 atom stereocenters. The predicted molar refractivity (Wildman–Crippen MR) is 61.4 cm³/mol. The lowest BCUT2D eigenvalue weighted by Crippen LogP contribution is -2.22. The minimum Gasteiger partial charge on any atom is -0.366 e. The van der Waals surface area contributed by atoms with Crippen molar-refractivity contribution in [2.45, 2.75) is 12.5 Å². The summed E-state index contributed by atoms with van der Waals surface area (Å²) in [7, 11) is 0. The van der Waals surface area contributed by atoms with Crippen LogP contribution < -0.4 is 10.6 Å². The molecule has 14 heavy (non-hydrogen) atoms. The van der Waals surface area contributed by atoms with E-state index >= 15 is 0 Å². The predicted octanol–water partition coefficient (Wildman–Crippen LogP) is 1.09. The number of aromatic nitrogens is 2. The molecule has 2 N–H and O–H groups in total. The second-order valence-electron chi connectivity index (χ2n) is 2.93. The fourth-order valence-corrected chi connectivity index (χ4v) is 1.36. The summed E-state index contributed by atoms with van der Waals surface area (Å²) in [6.07, 6.45) is 4.48. The SMILES string of the molecule is Cl.Cl.c1cc(N[C@@H]2CCNC2)ncn1. The Kier molecular flexibility index (Phi) is 6.53. The second kappa shape index (κ2) is 6.81. The van der Waals surface area contributed by atoms with Gasteiger partial charge in [-0.25, -0.2) is 9.97 Å². The van der Waals surface area contributed by atoms with Gasteiger partial charge in [0.2, 0.25) is 0 Å². The molecule has 1 fully saturated rings. The lowest BCUT2D eigenvalue weighted by atomic mass is 10.2. The molecule has 1 saturated heterocycles. The zero-order valence-corrected chi connectivity index (χ0v) is 9.27. The Labute approximate surface area is 95.7 Å². The minimum absolute atomic E-state index is 0. The van der Waals surface area contributed by atoms with Crippen molar-refractivity contribution >= 4 is 30.6 Å². The molecule has 1 aliphatic rings. The molecule has 0 saturated carbocycles. The van der Waals surface area contributed by atoms with Crippen molar-refractivity contribution in [3.63, 3.8) is 0 Å². The van der Waals surface area contributed by atoms with Gasteiger partial charge in [0.1, 0.15) is 12.1 Å². The molecule has 2 heterocycles. The van der Waals surface area contributed by atoms with Crippen LogP contribution >= 0.6 is 24.8 Å². The van der Waals surface area contributed by atoms with E-state index < -0.39 is 0 Å². The first kappa shape index (κ1) is 13.4. The Morgan fingerprint density at radius 1 is 1.43 bits per heavy atom. The van der Waals surface area contributed by atoms with E-state index in [0.29, 0.717) is 6.04 Å². The van der Waals surface area contributed by atoms with Crippen LogP contribution in [0.5, 0.6) is 0 Å². The van der Waals surface area contributed by atoms with Crippen molar-refractivity contribution in [2.75, 3.05) is 18.4 Å². The largest absolute Gasteiger partial charge is 0.366 e. The Hall–Kier alpha value is -0.580. The topological polar surface area (TPSA) is 49.8 Å². The van der Waals surface area contributed by atoms with Gasteiger partial charge < -0.3 is 10.6 Å². The molecule has 1 aromatic heterocycles. The van der Waals surface area contributed by atoms with E-state index in [1.807, 2.05) is 6.07 Å². The summed E-state index contributed by atoms with van der Waals surface area (Å²) < 4.78 is 0. The quantitative estimate of drug-likeness (QED) is 0.808. The highest BCUT2D eigenvalue weighted by molar-refractivity contribution is 5.85.